The van der Waals surface area contributed by atoms with E-state index in [4.69, 9.17) is 13.8 Å². The van der Waals surface area contributed by atoms with Crippen molar-refractivity contribution in [3.05, 3.63) is 145 Å². The zero-order chi connectivity index (χ0) is 39.8. The van der Waals surface area contributed by atoms with Crippen molar-refractivity contribution in [3.8, 4) is 28.7 Å². The molecule has 0 fully saturated rings. The van der Waals surface area contributed by atoms with Crippen molar-refractivity contribution in [2.75, 3.05) is 0 Å². The van der Waals surface area contributed by atoms with Gasteiger partial charge in [0, 0.05) is 33.3 Å². The van der Waals surface area contributed by atoms with E-state index in [0.717, 1.165) is 55.6 Å². The molecule has 4 aromatic heterocycles. The molecule has 0 spiro atoms. The van der Waals surface area contributed by atoms with E-state index in [9.17, 15) is 0 Å². The van der Waals surface area contributed by atoms with Crippen LogP contribution in [0.5, 0.6) is 11.5 Å². The van der Waals surface area contributed by atoms with E-state index in [1.807, 2.05) is 45.7 Å². The molecule has 8 aromatic rings. The van der Waals surface area contributed by atoms with Gasteiger partial charge in [-0.3, -0.25) is 18.7 Å². The van der Waals surface area contributed by atoms with Crippen LogP contribution >= 0.6 is 0 Å². The third-order valence-electron chi connectivity index (χ3n) is 9.70. The molecule has 0 radical (unpaired) electrons. The number of benzene rings is 4. The highest BCUT2D eigenvalue weighted by Gasteiger charge is 2.21. The number of hydrogen-bond acceptors (Lipinski definition) is 3. The van der Waals surface area contributed by atoms with Crippen LogP contribution in [0.2, 0.25) is 0 Å². The van der Waals surface area contributed by atoms with E-state index in [1.165, 1.54) is 5.56 Å². The van der Waals surface area contributed by atoms with Crippen molar-refractivity contribution in [3.63, 3.8) is 0 Å². The van der Waals surface area contributed by atoms with Crippen LogP contribution in [0.1, 0.15) is 76.2 Å². The van der Waals surface area contributed by atoms with Gasteiger partial charge in [0.25, 0.3) is 6.33 Å². The molecule has 0 aliphatic heterocycles. The summed E-state index contributed by atoms with van der Waals surface area (Å²) in [5.41, 5.74) is 8.07. The normalized spacial score (nSPS) is 13.7. The molecule has 0 aliphatic carbocycles. The first kappa shape index (κ1) is 30.8. The van der Waals surface area contributed by atoms with Crippen molar-refractivity contribution in [1.29, 1.82) is 0 Å². The van der Waals surface area contributed by atoms with Crippen LogP contribution in [0.3, 0.4) is 0 Å². The molecule has 4 heterocycles. The molecule has 0 saturated heterocycles. The monoisotopic (exact) mass is 700 g/mol. The molecule has 0 aliphatic rings. The lowest BCUT2D eigenvalue weighted by Crippen LogP contribution is -2.29. The summed E-state index contributed by atoms with van der Waals surface area (Å²) in [6.07, 6.45) is 7.07. The Labute approximate surface area is 316 Å². The summed E-state index contributed by atoms with van der Waals surface area (Å²) < 4.78 is 38.8. The predicted molar refractivity (Wildman–Crippen MR) is 216 cm³/mol. The lowest BCUT2D eigenvalue weighted by atomic mass is 9.87. The van der Waals surface area contributed by atoms with Gasteiger partial charge in [-0.25, -0.2) is 4.98 Å². The summed E-state index contributed by atoms with van der Waals surface area (Å²) >= 11 is 0. The molecule has 0 unspecified atom stereocenters. The summed E-state index contributed by atoms with van der Waals surface area (Å²) in [5.74, 6) is 0.755. The number of para-hydroxylation sites is 1. The predicted octanol–water partition coefficient (Wildman–Crippen LogP) is 11.2. The molecular weight excluding hydrogens is 651 g/mol. The number of imidazole rings is 1. The number of rotatable bonds is 7. The highest BCUT2D eigenvalue weighted by Crippen LogP contribution is 2.36. The molecule has 0 saturated carbocycles. The van der Waals surface area contributed by atoms with Crippen LogP contribution in [-0.4, -0.2) is 19.1 Å². The first-order valence-electron chi connectivity index (χ1n) is 19.6. The van der Waals surface area contributed by atoms with E-state index in [-0.39, 0.29) is 10.8 Å². The van der Waals surface area contributed by atoms with Gasteiger partial charge < -0.3 is 4.74 Å². The number of fused-ring (bicyclic) bond motifs is 4. The van der Waals surface area contributed by atoms with E-state index >= 15 is 0 Å². The molecule has 8 rings (SSSR count). The molecule has 0 bridgehead atoms. The molecule has 6 heteroatoms. The summed E-state index contributed by atoms with van der Waals surface area (Å²) in [6.45, 7) is 16.4. The van der Waals surface area contributed by atoms with Crippen LogP contribution in [0.4, 0.5) is 0 Å². The van der Waals surface area contributed by atoms with E-state index < -0.39 is 12.3 Å². The van der Waals surface area contributed by atoms with Crippen molar-refractivity contribution in [1.82, 2.24) is 19.1 Å². The van der Waals surface area contributed by atoms with Gasteiger partial charge >= 0.3 is 0 Å². The lowest BCUT2D eigenvalue weighted by molar-refractivity contribution is -0.572. The maximum atomic E-state index is 8.78. The van der Waals surface area contributed by atoms with Gasteiger partial charge in [0.05, 0.1) is 39.6 Å². The fraction of sp³-hybridized carbons (Fsp3) is 0.255. The van der Waals surface area contributed by atoms with Gasteiger partial charge in [-0.05, 0) is 88.8 Å². The Kier molecular flexibility index (Phi) is 7.58. The van der Waals surface area contributed by atoms with E-state index in [1.54, 1.807) is 32.3 Å². The molecule has 0 atom stereocenters. The fourth-order valence-electron chi connectivity index (χ4n) is 6.96. The van der Waals surface area contributed by atoms with Gasteiger partial charge in [0.2, 0.25) is 0 Å². The smallest absolute Gasteiger partial charge is 0.269 e. The minimum Gasteiger partial charge on any atom is -0.456 e. The second-order valence-electron chi connectivity index (χ2n) is 16.1. The topological polar surface area (TPSA) is 48.8 Å². The fourth-order valence-corrected chi connectivity index (χ4v) is 6.96. The Bertz CT molecular complexity index is 2780. The quantitative estimate of drug-likeness (QED) is 0.123. The number of ether oxygens (including phenoxy) is 1. The molecule has 6 nitrogen and oxygen atoms in total. The maximum Gasteiger partial charge on any atom is 0.269 e. The van der Waals surface area contributed by atoms with Crippen LogP contribution < -0.4 is 9.30 Å². The highest BCUT2D eigenvalue weighted by atomic mass is 16.5. The van der Waals surface area contributed by atoms with Crippen LogP contribution in [0, 0.1) is 12.2 Å². The minimum atomic E-state index is -1.87. The average molecular weight is 701 g/mol. The Balaban J connectivity index is 1.23. The lowest BCUT2D eigenvalue weighted by Gasteiger charge is -2.20. The first-order valence-corrected chi connectivity index (χ1v) is 18.1. The molecule has 4 aromatic carbocycles. The Morgan fingerprint density at radius 2 is 1.53 bits per heavy atom. The number of aromatic nitrogens is 5. The largest absolute Gasteiger partial charge is 0.456 e. The van der Waals surface area contributed by atoms with Crippen molar-refractivity contribution < 1.29 is 13.4 Å². The Morgan fingerprint density at radius 1 is 0.755 bits per heavy atom. The van der Waals surface area contributed by atoms with Gasteiger partial charge in [0.15, 0.2) is 0 Å². The maximum absolute atomic E-state index is 8.78. The number of pyridine rings is 2. The average Bonchev–Trinajstić information content (AvgIpc) is 3.70. The summed E-state index contributed by atoms with van der Waals surface area (Å²) in [7, 11) is 0. The van der Waals surface area contributed by atoms with Crippen molar-refractivity contribution in [2.45, 2.75) is 72.6 Å². The van der Waals surface area contributed by atoms with Gasteiger partial charge in [-0.1, -0.05) is 103 Å². The minimum absolute atomic E-state index is 0.0297. The second kappa shape index (κ2) is 13.0. The molecule has 0 N–H and O–H groups in total. The standard InChI is InChI=1S/C47H47N5O/c1-31(2)22-32-12-11-13-35(23-32)50-30-51(44-24-33(46(3,4)5)16-19-42(44)50)36-26-38(29-48-28-36)53-37-17-18-40-39-14-9-10-15-41(39)52(43(40)27-37)45-25-34(20-21-49-45)47(6,7)8/h9-21,23-29,31H,22H2,1-8H3/i22D2,31D. The van der Waals surface area contributed by atoms with E-state index in [0.29, 0.717) is 17.1 Å². The van der Waals surface area contributed by atoms with Crippen LogP contribution in [-0.2, 0) is 17.2 Å². The molecule has 266 valence electrons. The van der Waals surface area contributed by atoms with Crippen molar-refractivity contribution in [2.24, 2.45) is 5.89 Å². The molecular formula is C47H47N5O. The number of nitrogens with zero attached hydrogens (tertiary/aromatic N) is 5. The molecule has 53 heavy (non-hydrogen) atoms. The van der Waals surface area contributed by atoms with Crippen molar-refractivity contribution >= 4 is 32.8 Å². The third-order valence-corrected chi connectivity index (χ3v) is 9.70. The summed E-state index contributed by atoms with van der Waals surface area (Å²) in [6, 6.07) is 34.5. The van der Waals surface area contributed by atoms with Gasteiger partial charge in [-0.15, -0.1) is 0 Å². The highest BCUT2D eigenvalue weighted by molar-refractivity contribution is 6.09. The van der Waals surface area contributed by atoms with Crippen LogP contribution in [0.15, 0.2) is 122 Å². The zero-order valence-corrected chi connectivity index (χ0v) is 31.7. The Morgan fingerprint density at radius 3 is 2.32 bits per heavy atom. The SMILES string of the molecule is [2H]C(C)(C)C([2H])([2H])c1cccc(-[n+]2[c-]n(-c3cncc(Oc4ccc5c6ccccc6n(-c6cc(C(C)(C)C)ccn6)c5c4)c3)c3cc(C(C)(C)C)ccc32)c1. The van der Waals surface area contributed by atoms with Gasteiger partial charge in [0.1, 0.15) is 17.3 Å². The second-order valence-corrected chi connectivity index (χ2v) is 16.1. The zero-order valence-electron chi connectivity index (χ0n) is 34.7. The first-order chi connectivity index (χ1) is 26.4. The third kappa shape index (κ3) is 6.59. The van der Waals surface area contributed by atoms with Gasteiger partial charge in [-0.2, -0.15) is 0 Å². The molecule has 0 amide bonds. The summed E-state index contributed by atoms with van der Waals surface area (Å²) in [4.78, 5) is 9.45. The number of hydrogen-bond donors (Lipinski definition) is 0. The van der Waals surface area contributed by atoms with E-state index in [2.05, 4.69) is 124 Å². The Hall–Kier alpha value is -5.75. The van der Waals surface area contributed by atoms with Crippen LogP contribution in [0.25, 0.3) is 50.0 Å². The summed E-state index contributed by atoms with van der Waals surface area (Å²) in [5, 5.41) is 2.25.